The first-order valence-corrected chi connectivity index (χ1v) is 12.8. The van der Waals surface area contributed by atoms with Crippen LogP contribution in [0.15, 0.2) is 116 Å². The van der Waals surface area contributed by atoms with Crippen molar-refractivity contribution in [3.63, 3.8) is 0 Å². The van der Waals surface area contributed by atoms with Gasteiger partial charge in [0.15, 0.2) is 5.82 Å². The van der Waals surface area contributed by atoms with Gasteiger partial charge < -0.3 is 9.47 Å². The van der Waals surface area contributed by atoms with Crippen LogP contribution in [0, 0.1) is 0 Å². The highest BCUT2D eigenvalue weighted by atomic mass is 16.7. The van der Waals surface area contributed by atoms with Crippen LogP contribution in [0.2, 0.25) is 0 Å². The van der Waals surface area contributed by atoms with E-state index in [0.717, 1.165) is 39.6 Å². The van der Waals surface area contributed by atoms with Gasteiger partial charge in [0.2, 0.25) is 0 Å². The number of rotatable bonds is 8. The van der Waals surface area contributed by atoms with E-state index < -0.39 is 5.60 Å². The van der Waals surface area contributed by atoms with E-state index in [1.807, 2.05) is 91.9 Å². The number of aromatic amines is 1. The van der Waals surface area contributed by atoms with E-state index in [4.69, 9.17) is 14.3 Å². The van der Waals surface area contributed by atoms with Crippen LogP contribution in [0.4, 0.5) is 0 Å². The fourth-order valence-corrected chi connectivity index (χ4v) is 4.53. The van der Waals surface area contributed by atoms with Crippen molar-refractivity contribution in [3.8, 4) is 28.4 Å². The highest BCUT2D eigenvalue weighted by Gasteiger charge is 2.36. The van der Waals surface area contributed by atoms with Gasteiger partial charge in [-0.3, -0.25) is 15.4 Å². The van der Waals surface area contributed by atoms with E-state index in [1.165, 1.54) is 11.9 Å². The average Bonchev–Trinajstić information content (AvgIpc) is 3.53. The van der Waals surface area contributed by atoms with Gasteiger partial charge in [0.25, 0.3) is 0 Å². The first-order valence-electron chi connectivity index (χ1n) is 12.8. The Morgan fingerprint density at radius 3 is 2.05 bits per heavy atom. The summed E-state index contributed by atoms with van der Waals surface area (Å²) in [6, 6.07) is 35.9. The molecule has 5 aromatic rings. The summed E-state index contributed by atoms with van der Waals surface area (Å²) in [5.41, 5.74) is 7.57. The van der Waals surface area contributed by atoms with Crippen LogP contribution < -0.4 is 15.0 Å². The lowest BCUT2D eigenvalue weighted by molar-refractivity contribution is -0.0979. The minimum Gasteiger partial charge on any atom is -0.490 e. The number of hydrogen-bond acceptors (Lipinski definition) is 6. The number of H-pyrrole nitrogens is 1. The average molecular weight is 517 g/mol. The predicted octanol–water partition coefficient (Wildman–Crippen LogP) is 6.89. The van der Waals surface area contributed by atoms with Crippen molar-refractivity contribution in [2.45, 2.75) is 18.9 Å². The molecule has 39 heavy (non-hydrogen) atoms. The summed E-state index contributed by atoms with van der Waals surface area (Å²) >= 11 is 0. The highest BCUT2D eigenvalue weighted by Crippen LogP contribution is 2.37. The van der Waals surface area contributed by atoms with E-state index in [2.05, 4.69) is 44.9 Å². The molecule has 7 heteroatoms. The zero-order valence-corrected chi connectivity index (χ0v) is 21.5. The lowest BCUT2D eigenvalue weighted by Gasteiger charge is -2.36. The van der Waals surface area contributed by atoms with Crippen molar-refractivity contribution in [2.24, 2.45) is 0 Å². The first kappa shape index (κ1) is 24.5. The summed E-state index contributed by atoms with van der Waals surface area (Å²) in [5, 5.41) is 7.07. The molecule has 4 aromatic carbocycles. The van der Waals surface area contributed by atoms with E-state index in [9.17, 15) is 0 Å². The second kappa shape index (κ2) is 10.8. The van der Waals surface area contributed by atoms with Crippen molar-refractivity contribution in [2.75, 3.05) is 6.61 Å². The molecule has 194 valence electrons. The molecule has 0 spiro atoms. The number of aromatic nitrogens is 3. The Kier molecular flexibility index (Phi) is 6.80. The number of ether oxygens (including phenoxy) is 2. The van der Waals surface area contributed by atoms with E-state index in [1.54, 1.807) is 0 Å². The molecule has 1 aliphatic heterocycles. The number of hydroxylamine groups is 1. The smallest absolute Gasteiger partial charge is 0.153 e. The quantitative estimate of drug-likeness (QED) is 0.234. The normalized spacial score (nSPS) is 16.9. The fraction of sp³-hybridized carbons (Fsp3) is 0.125. The van der Waals surface area contributed by atoms with Crippen LogP contribution in [0.25, 0.3) is 22.4 Å². The van der Waals surface area contributed by atoms with Crippen LogP contribution >= 0.6 is 0 Å². The number of hydrogen-bond donors (Lipinski definition) is 2. The molecular weight excluding hydrogens is 488 g/mol. The summed E-state index contributed by atoms with van der Waals surface area (Å²) in [4.78, 5) is 10.6. The van der Waals surface area contributed by atoms with Gasteiger partial charge in [0.1, 0.15) is 35.8 Å². The van der Waals surface area contributed by atoms with Gasteiger partial charge >= 0.3 is 0 Å². The van der Waals surface area contributed by atoms with Gasteiger partial charge in [-0.1, -0.05) is 60.7 Å². The molecule has 0 bridgehead atoms. The summed E-state index contributed by atoms with van der Waals surface area (Å²) in [6.45, 7) is 2.36. The molecule has 0 amide bonds. The molecule has 0 radical (unpaired) electrons. The van der Waals surface area contributed by atoms with Crippen molar-refractivity contribution >= 4 is 11.3 Å². The van der Waals surface area contributed by atoms with Gasteiger partial charge in [0, 0.05) is 17.6 Å². The van der Waals surface area contributed by atoms with Crippen molar-refractivity contribution in [1.29, 1.82) is 0 Å². The second-order valence-electron chi connectivity index (χ2n) is 9.64. The van der Waals surface area contributed by atoms with Crippen LogP contribution in [0.1, 0.15) is 24.7 Å². The first-order chi connectivity index (χ1) is 19.2. The number of nitrogens with zero attached hydrogens (tertiary/aromatic N) is 2. The third-order valence-electron chi connectivity index (χ3n) is 6.58. The van der Waals surface area contributed by atoms with Gasteiger partial charge in [0.05, 0.1) is 5.70 Å². The third-order valence-corrected chi connectivity index (χ3v) is 6.58. The monoisotopic (exact) mass is 516 g/mol. The largest absolute Gasteiger partial charge is 0.490 e. The zero-order valence-electron chi connectivity index (χ0n) is 21.5. The molecule has 2 heterocycles. The summed E-state index contributed by atoms with van der Waals surface area (Å²) in [5.74, 6) is 3.00. The predicted molar refractivity (Wildman–Crippen MR) is 151 cm³/mol. The van der Waals surface area contributed by atoms with E-state index in [-0.39, 0.29) is 0 Å². The van der Waals surface area contributed by atoms with Gasteiger partial charge in [-0.05, 0) is 66.6 Å². The standard InChI is InChI=1S/C32H28N4O3/c1-32(21-37-26-16-12-24(13-17-26)23-8-4-2-5-9-23)20-29(31-33-22-34-35-31)30(36-39-32)25-14-18-28(19-15-25)38-27-10-6-3-7-11-27/h2-19,22,36H,20-21H2,1H3,(H,33,34,35). The molecule has 6 rings (SSSR count). The molecular formula is C32H28N4O3. The summed E-state index contributed by atoms with van der Waals surface area (Å²) < 4.78 is 12.1. The highest BCUT2D eigenvalue weighted by molar-refractivity contribution is 5.88. The molecule has 0 fully saturated rings. The van der Waals surface area contributed by atoms with Gasteiger partial charge in [-0.15, -0.1) is 0 Å². The molecule has 1 aromatic heterocycles. The molecule has 2 N–H and O–H groups in total. The Morgan fingerprint density at radius 1 is 0.744 bits per heavy atom. The molecule has 0 saturated carbocycles. The lowest BCUT2D eigenvalue weighted by atomic mass is 9.92. The minimum atomic E-state index is -0.639. The maximum Gasteiger partial charge on any atom is 0.153 e. The Balaban J connectivity index is 1.18. The lowest BCUT2D eigenvalue weighted by Crippen LogP contribution is -2.44. The summed E-state index contributed by atoms with van der Waals surface area (Å²) in [7, 11) is 0. The maximum absolute atomic E-state index is 6.18. The van der Waals surface area contributed by atoms with E-state index in [0.29, 0.717) is 18.9 Å². The Hall–Kier alpha value is -4.88. The van der Waals surface area contributed by atoms with Crippen molar-refractivity contribution in [1.82, 2.24) is 20.7 Å². The Bertz CT molecular complexity index is 1540. The summed E-state index contributed by atoms with van der Waals surface area (Å²) in [6.07, 6.45) is 2.07. The van der Waals surface area contributed by atoms with E-state index >= 15 is 0 Å². The van der Waals surface area contributed by atoms with Gasteiger partial charge in [-0.2, -0.15) is 5.10 Å². The second-order valence-corrected chi connectivity index (χ2v) is 9.64. The number of benzene rings is 4. The van der Waals surface area contributed by atoms with Gasteiger partial charge in [-0.25, -0.2) is 4.98 Å². The number of nitrogens with one attached hydrogen (secondary N) is 2. The SMILES string of the molecule is CC1(COc2ccc(-c3ccccc3)cc2)CC(c2ncn[nH]2)=C(c2ccc(Oc3ccccc3)cc2)NO1. The molecule has 7 nitrogen and oxygen atoms in total. The topological polar surface area (TPSA) is 81.3 Å². The van der Waals surface area contributed by atoms with Crippen LogP contribution in [-0.4, -0.2) is 27.4 Å². The Labute approximate surface area is 227 Å². The van der Waals surface area contributed by atoms with Crippen LogP contribution in [0.5, 0.6) is 17.2 Å². The van der Waals surface area contributed by atoms with Crippen molar-refractivity contribution in [3.05, 3.63) is 127 Å². The molecule has 1 atom stereocenters. The van der Waals surface area contributed by atoms with Crippen LogP contribution in [0.3, 0.4) is 0 Å². The maximum atomic E-state index is 6.18. The van der Waals surface area contributed by atoms with Crippen molar-refractivity contribution < 1.29 is 14.3 Å². The molecule has 0 saturated heterocycles. The fourth-order valence-electron chi connectivity index (χ4n) is 4.53. The minimum absolute atomic E-state index is 0.347. The molecule has 1 aliphatic rings. The Morgan fingerprint density at radius 2 is 1.36 bits per heavy atom. The third kappa shape index (κ3) is 5.68. The number of para-hydroxylation sites is 1. The molecule has 0 aliphatic carbocycles. The zero-order chi connectivity index (χ0) is 26.5. The molecule has 1 unspecified atom stereocenters. The van der Waals surface area contributed by atoms with Crippen LogP contribution in [-0.2, 0) is 4.84 Å².